The molecule has 0 bridgehead atoms. The fourth-order valence-electron chi connectivity index (χ4n) is 2.83. The molecular formula is C15H27N3O2. The number of likely N-dealkylation sites (N-methyl/N-ethyl adjacent to an activating group) is 1. The molecule has 0 amide bonds. The highest BCUT2D eigenvalue weighted by atomic mass is 16.5. The van der Waals surface area contributed by atoms with E-state index in [9.17, 15) is 0 Å². The van der Waals surface area contributed by atoms with Crippen LogP contribution in [0.4, 0.5) is 0 Å². The molecule has 0 spiro atoms. The number of nitrogens with one attached hydrogen (secondary N) is 1. The van der Waals surface area contributed by atoms with E-state index in [4.69, 9.17) is 9.47 Å². The van der Waals surface area contributed by atoms with Crippen molar-refractivity contribution in [2.75, 3.05) is 20.8 Å². The Morgan fingerprint density at radius 1 is 1.40 bits per heavy atom. The average molecular weight is 281 g/mol. The quantitative estimate of drug-likeness (QED) is 0.795. The van der Waals surface area contributed by atoms with Gasteiger partial charge in [-0.2, -0.15) is 5.10 Å². The third kappa shape index (κ3) is 2.99. The molecule has 1 fully saturated rings. The minimum absolute atomic E-state index is 0.123. The fourth-order valence-corrected chi connectivity index (χ4v) is 2.83. The van der Waals surface area contributed by atoms with Gasteiger partial charge in [0, 0.05) is 13.2 Å². The van der Waals surface area contributed by atoms with E-state index in [1.165, 1.54) is 12.8 Å². The Hall–Kier alpha value is -1.07. The molecule has 1 aromatic rings. The molecule has 1 aliphatic rings. The number of rotatable bonds is 8. The highest BCUT2D eigenvalue weighted by Gasteiger charge is 2.40. The summed E-state index contributed by atoms with van der Waals surface area (Å²) in [5.74, 6) is 1.48. The SMILES string of the molecule is CCNC(c1c(OC)cnn1C(C)C)C(OC)C1CC1. The van der Waals surface area contributed by atoms with Crippen LogP contribution in [0.1, 0.15) is 51.4 Å². The zero-order valence-electron chi connectivity index (χ0n) is 13.2. The van der Waals surface area contributed by atoms with E-state index >= 15 is 0 Å². The maximum absolute atomic E-state index is 5.79. The molecule has 1 aromatic heterocycles. The molecule has 5 heteroatoms. The van der Waals surface area contributed by atoms with E-state index in [0.717, 1.165) is 18.0 Å². The minimum atomic E-state index is 0.123. The van der Waals surface area contributed by atoms with Crippen molar-refractivity contribution in [1.82, 2.24) is 15.1 Å². The molecule has 2 rings (SSSR count). The van der Waals surface area contributed by atoms with E-state index < -0.39 is 0 Å². The van der Waals surface area contributed by atoms with Gasteiger partial charge in [-0.05, 0) is 39.2 Å². The van der Waals surface area contributed by atoms with Crippen molar-refractivity contribution < 1.29 is 9.47 Å². The van der Waals surface area contributed by atoms with Gasteiger partial charge < -0.3 is 14.8 Å². The molecule has 1 saturated carbocycles. The summed E-state index contributed by atoms with van der Waals surface area (Å²) in [5, 5.41) is 8.04. The Bertz CT molecular complexity index is 427. The van der Waals surface area contributed by atoms with Gasteiger partial charge in [-0.25, -0.2) is 0 Å². The first kappa shape index (κ1) is 15.3. The molecule has 1 N–H and O–H groups in total. The number of ether oxygens (including phenoxy) is 2. The second-order valence-electron chi connectivity index (χ2n) is 5.71. The van der Waals surface area contributed by atoms with Crippen LogP contribution in [0.3, 0.4) is 0 Å². The van der Waals surface area contributed by atoms with Gasteiger partial charge in [0.2, 0.25) is 0 Å². The zero-order chi connectivity index (χ0) is 14.7. The summed E-state index contributed by atoms with van der Waals surface area (Å²) in [6.07, 6.45) is 4.48. The van der Waals surface area contributed by atoms with E-state index in [1.54, 1.807) is 20.4 Å². The Morgan fingerprint density at radius 2 is 2.10 bits per heavy atom. The van der Waals surface area contributed by atoms with Gasteiger partial charge in [-0.1, -0.05) is 6.92 Å². The molecule has 2 atom stereocenters. The van der Waals surface area contributed by atoms with Gasteiger partial charge in [0.05, 0.1) is 25.5 Å². The first-order valence-electron chi connectivity index (χ1n) is 7.51. The maximum Gasteiger partial charge on any atom is 0.161 e. The highest BCUT2D eigenvalue weighted by molar-refractivity contribution is 5.30. The van der Waals surface area contributed by atoms with Crippen LogP contribution in [0.25, 0.3) is 0 Å². The lowest BCUT2D eigenvalue weighted by Gasteiger charge is -2.29. The molecule has 1 aliphatic carbocycles. The van der Waals surface area contributed by atoms with Crippen molar-refractivity contribution in [3.63, 3.8) is 0 Å². The van der Waals surface area contributed by atoms with E-state index in [-0.39, 0.29) is 12.1 Å². The van der Waals surface area contributed by atoms with Crippen molar-refractivity contribution in [2.24, 2.45) is 5.92 Å². The molecule has 0 saturated heterocycles. The molecule has 0 aliphatic heterocycles. The Morgan fingerprint density at radius 3 is 2.55 bits per heavy atom. The van der Waals surface area contributed by atoms with E-state index in [2.05, 4.69) is 31.2 Å². The predicted octanol–water partition coefficient (Wildman–Crippen LogP) is 2.55. The molecule has 0 radical (unpaired) electrons. The van der Waals surface area contributed by atoms with Gasteiger partial charge >= 0.3 is 0 Å². The van der Waals surface area contributed by atoms with Crippen LogP contribution in [-0.2, 0) is 4.74 Å². The van der Waals surface area contributed by atoms with Crippen LogP contribution < -0.4 is 10.1 Å². The third-order valence-electron chi connectivity index (χ3n) is 3.91. The highest BCUT2D eigenvalue weighted by Crippen LogP contribution is 2.42. The average Bonchev–Trinajstić information content (AvgIpc) is 3.16. The normalized spacial score (nSPS) is 18.3. The van der Waals surface area contributed by atoms with Crippen molar-refractivity contribution in [1.29, 1.82) is 0 Å². The summed E-state index contributed by atoms with van der Waals surface area (Å²) in [7, 11) is 3.50. The monoisotopic (exact) mass is 281 g/mol. The van der Waals surface area contributed by atoms with Crippen molar-refractivity contribution in [2.45, 2.75) is 51.8 Å². The topological polar surface area (TPSA) is 48.3 Å². The number of nitrogens with zero attached hydrogens (tertiary/aromatic N) is 2. The predicted molar refractivity (Wildman–Crippen MR) is 79.1 cm³/mol. The molecule has 0 aromatic carbocycles. The molecule has 1 heterocycles. The number of hydrogen-bond donors (Lipinski definition) is 1. The summed E-state index contributed by atoms with van der Waals surface area (Å²) in [4.78, 5) is 0. The molecule has 20 heavy (non-hydrogen) atoms. The second kappa shape index (κ2) is 6.59. The van der Waals surface area contributed by atoms with Crippen LogP contribution >= 0.6 is 0 Å². The summed E-state index contributed by atoms with van der Waals surface area (Å²) < 4.78 is 13.3. The van der Waals surface area contributed by atoms with Crippen LogP contribution in [0.5, 0.6) is 5.75 Å². The molecule has 5 nitrogen and oxygen atoms in total. The summed E-state index contributed by atoms with van der Waals surface area (Å²) in [6.45, 7) is 7.29. The van der Waals surface area contributed by atoms with Crippen molar-refractivity contribution in [3.8, 4) is 5.75 Å². The fraction of sp³-hybridized carbons (Fsp3) is 0.800. The minimum Gasteiger partial charge on any atom is -0.493 e. The Kier molecular flexibility index (Phi) is 5.05. The van der Waals surface area contributed by atoms with Crippen molar-refractivity contribution >= 4 is 0 Å². The molecule has 114 valence electrons. The van der Waals surface area contributed by atoms with E-state index in [1.807, 2.05) is 4.68 Å². The smallest absolute Gasteiger partial charge is 0.161 e. The summed E-state index contributed by atoms with van der Waals surface area (Å²) >= 11 is 0. The zero-order valence-corrected chi connectivity index (χ0v) is 13.2. The lowest BCUT2D eigenvalue weighted by molar-refractivity contribution is 0.0473. The maximum atomic E-state index is 5.79. The van der Waals surface area contributed by atoms with Gasteiger partial charge in [-0.3, -0.25) is 4.68 Å². The van der Waals surface area contributed by atoms with Crippen LogP contribution in [0.2, 0.25) is 0 Å². The van der Waals surface area contributed by atoms with Crippen LogP contribution in [0.15, 0.2) is 6.20 Å². The van der Waals surface area contributed by atoms with Crippen LogP contribution in [-0.4, -0.2) is 36.6 Å². The van der Waals surface area contributed by atoms with Gasteiger partial charge in [0.25, 0.3) is 0 Å². The largest absolute Gasteiger partial charge is 0.493 e. The molecular weight excluding hydrogens is 254 g/mol. The van der Waals surface area contributed by atoms with Crippen LogP contribution in [0, 0.1) is 5.92 Å². The van der Waals surface area contributed by atoms with Crippen molar-refractivity contribution in [3.05, 3.63) is 11.9 Å². The van der Waals surface area contributed by atoms with Gasteiger partial charge in [-0.15, -0.1) is 0 Å². The lowest BCUT2D eigenvalue weighted by atomic mass is 10.0. The van der Waals surface area contributed by atoms with E-state index in [0.29, 0.717) is 12.0 Å². The first-order chi connectivity index (χ1) is 9.63. The second-order valence-corrected chi connectivity index (χ2v) is 5.71. The number of hydrogen-bond acceptors (Lipinski definition) is 4. The lowest BCUT2D eigenvalue weighted by Crippen LogP contribution is -2.36. The Balaban J connectivity index is 2.38. The Labute approximate surface area is 121 Å². The standard InChI is InChI=1S/C15H27N3O2/c1-6-16-13(15(20-5)11-7-8-11)14-12(19-4)9-17-18(14)10(2)3/h9-11,13,15-16H,6-8H2,1-5H3. The van der Waals surface area contributed by atoms with Gasteiger partial charge in [0.1, 0.15) is 5.69 Å². The molecule has 2 unspecified atom stereocenters. The number of aromatic nitrogens is 2. The first-order valence-corrected chi connectivity index (χ1v) is 7.51. The summed E-state index contributed by atoms with van der Waals surface area (Å²) in [5.41, 5.74) is 1.10. The third-order valence-corrected chi connectivity index (χ3v) is 3.91. The summed E-state index contributed by atoms with van der Waals surface area (Å²) in [6, 6.07) is 0.420. The number of methoxy groups -OCH3 is 2. The van der Waals surface area contributed by atoms with Gasteiger partial charge in [0.15, 0.2) is 5.75 Å².